The number of benzene rings is 1. The molecule has 1 aromatic carbocycles. The van der Waals surface area contributed by atoms with E-state index in [0.717, 1.165) is 16.5 Å². The third-order valence-electron chi connectivity index (χ3n) is 6.17. The third-order valence-corrected chi connectivity index (χ3v) is 6.17. The standard InChI is InChI=1S/C24H32N6O5/c1-14(31)28-19(12-15-13-27-17-7-4-3-6-16(15)17)22(33)29-18(9-10-21(25)32)24(35)30-11-5-8-20(30)23(34)26-2/h3-4,6-7,13,18-20,27H,5,8-12H2,1-2H3,(H2,25,32)(H,26,34)(H,28,31)(H,29,33)/t18-,19-,20+/m1/s1. The molecule has 0 saturated carbocycles. The Morgan fingerprint density at radius 3 is 2.57 bits per heavy atom. The number of H-pyrrole nitrogens is 1. The molecule has 1 aliphatic rings. The Morgan fingerprint density at radius 2 is 1.89 bits per heavy atom. The molecule has 0 bridgehead atoms. The number of rotatable bonds is 10. The van der Waals surface area contributed by atoms with E-state index in [1.54, 1.807) is 6.20 Å². The van der Waals surface area contributed by atoms with E-state index in [0.29, 0.717) is 19.4 Å². The maximum absolute atomic E-state index is 13.3. The molecular formula is C24H32N6O5. The van der Waals surface area contributed by atoms with Gasteiger partial charge in [0.05, 0.1) is 0 Å². The summed E-state index contributed by atoms with van der Waals surface area (Å²) in [6, 6.07) is 4.92. The maximum Gasteiger partial charge on any atom is 0.245 e. The number of nitrogens with two attached hydrogens (primary N) is 1. The molecule has 11 heteroatoms. The zero-order chi connectivity index (χ0) is 25.5. The average Bonchev–Trinajstić information content (AvgIpc) is 3.47. The van der Waals surface area contributed by atoms with Crippen molar-refractivity contribution in [1.82, 2.24) is 25.8 Å². The SMILES string of the molecule is CNC(=O)[C@@H]1CCCN1C(=O)[C@@H](CCC(N)=O)NC(=O)[C@@H](Cc1c[nH]c2ccccc12)NC(C)=O. The zero-order valence-corrected chi connectivity index (χ0v) is 19.9. The maximum atomic E-state index is 13.3. The lowest BCUT2D eigenvalue weighted by Gasteiger charge is -2.29. The van der Waals surface area contributed by atoms with Gasteiger partial charge in [0.2, 0.25) is 29.5 Å². The normalized spacial score (nSPS) is 17.0. The average molecular weight is 485 g/mol. The fraction of sp³-hybridized carbons (Fsp3) is 0.458. The van der Waals surface area contributed by atoms with Gasteiger partial charge in [0.25, 0.3) is 0 Å². The van der Waals surface area contributed by atoms with Gasteiger partial charge < -0.3 is 31.6 Å². The van der Waals surface area contributed by atoms with Crippen molar-refractivity contribution in [2.75, 3.05) is 13.6 Å². The lowest BCUT2D eigenvalue weighted by molar-refractivity contribution is -0.142. The third kappa shape index (κ3) is 6.37. The first-order valence-electron chi connectivity index (χ1n) is 11.6. The van der Waals surface area contributed by atoms with E-state index < -0.39 is 41.8 Å². The van der Waals surface area contributed by atoms with Crippen molar-refractivity contribution >= 4 is 40.4 Å². The minimum Gasteiger partial charge on any atom is -0.370 e. The first-order valence-corrected chi connectivity index (χ1v) is 11.6. The van der Waals surface area contributed by atoms with Crippen molar-refractivity contribution in [3.8, 4) is 0 Å². The molecule has 3 rings (SSSR count). The van der Waals surface area contributed by atoms with E-state index in [2.05, 4.69) is 20.9 Å². The van der Waals surface area contributed by atoms with Crippen LogP contribution in [0.15, 0.2) is 30.5 Å². The van der Waals surface area contributed by atoms with Gasteiger partial charge in [0, 0.05) is 50.5 Å². The Labute approximate surface area is 203 Å². The summed E-state index contributed by atoms with van der Waals surface area (Å²) in [5, 5.41) is 8.83. The summed E-state index contributed by atoms with van der Waals surface area (Å²) in [4.78, 5) is 66.7. The number of primary amides is 1. The van der Waals surface area contributed by atoms with E-state index >= 15 is 0 Å². The summed E-state index contributed by atoms with van der Waals surface area (Å²) in [5.74, 6) is -2.32. The van der Waals surface area contributed by atoms with Crippen LogP contribution in [0.2, 0.25) is 0 Å². The summed E-state index contributed by atoms with van der Waals surface area (Å²) in [6.07, 6.45) is 2.99. The van der Waals surface area contributed by atoms with Gasteiger partial charge in [-0.3, -0.25) is 24.0 Å². The summed E-state index contributed by atoms with van der Waals surface area (Å²) < 4.78 is 0. The van der Waals surface area contributed by atoms with Gasteiger partial charge in [0.1, 0.15) is 18.1 Å². The number of hydrogen-bond acceptors (Lipinski definition) is 5. The Hall–Kier alpha value is -3.89. The van der Waals surface area contributed by atoms with Gasteiger partial charge in [-0.2, -0.15) is 0 Å². The zero-order valence-electron chi connectivity index (χ0n) is 19.9. The van der Waals surface area contributed by atoms with Crippen LogP contribution in [-0.4, -0.2) is 71.1 Å². The Balaban J connectivity index is 1.81. The quantitative estimate of drug-likeness (QED) is 0.312. The fourth-order valence-electron chi connectivity index (χ4n) is 4.46. The van der Waals surface area contributed by atoms with Crippen LogP contribution >= 0.6 is 0 Å². The molecule has 6 N–H and O–H groups in total. The van der Waals surface area contributed by atoms with Gasteiger partial charge >= 0.3 is 0 Å². The highest BCUT2D eigenvalue weighted by Gasteiger charge is 2.38. The fourth-order valence-corrected chi connectivity index (χ4v) is 4.46. The first kappa shape index (κ1) is 25.7. The van der Waals surface area contributed by atoms with Gasteiger partial charge in [-0.15, -0.1) is 0 Å². The second-order valence-corrected chi connectivity index (χ2v) is 8.69. The van der Waals surface area contributed by atoms with E-state index in [1.807, 2.05) is 24.3 Å². The van der Waals surface area contributed by atoms with Crippen molar-refractivity contribution in [3.05, 3.63) is 36.0 Å². The Kier molecular flexibility index (Phi) is 8.45. The van der Waals surface area contributed by atoms with Crippen LogP contribution in [0.5, 0.6) is 0 Å². The first-order chi connectivity index (χ1) is 16.7. The van der Waals surface area contributed by atoms with Crippen molar-refractivity contribution in [2.45, 2.75) is 57.2 Å². The number of carbonyl (C=O) groups excluding carboxylic acids is 5. The van der Waals surface area contributed by atoms with E-state index in [1.165, 1.54) is 18.9 Å². The molecule has 2 aromatic rings. The molecule has 1 aliphatic heterocycles. The molecule has 35 heavy (non-hydrogen) atoms. The van der Waals surface area contributed by atoms with Gasteiger partial charge in [-0.1, -0.05) is 18.2 Å². The Bertz CT molecular complexity index is 1110. The lowest BCUT2D eigenvalue weighted by Crippen LogP contribution is -2.56. The molecule has 1 saturated heterocycles. The summed E-state index contributed by atoms with van der Waals surface area (Å²) in [7, 11) is 1.50. The minimum absolute atomic E-state index is 0.0171. The highest BCUT2D eigenvalue weighted by Crippen LogP contribution is 2.21. The topological polar surface area (TPSA) is 166 Å². The predicted octanol–water partition coefficient (Wildman–Crippen LogP) is -0.298. The van der Waals surface area contributed by atoms with Gasteiger partial charge in [0.15, 0.2) is 0 Å². The number of fused-ring (bicyclic) bond motifs is 1. The number of aromatic amines is 1. The highest BCUT2D eigenvalue weighted by atomic mass is 16.2. The molecule has 3 atom stereocenters. The van der Waals surface area contributed by atoms with Crippen molar-refractivity contribution < 1.29 is 24.0 Å². The number of likely N-dealkylation sites (N-methyl/N-ethyl adjacent to an activating group) is 1. The van der Waals surface area contributed by atoms with Crippen LogP contribution in [0.3, 0.4) is 0 Å². The second-order valence-electron chi connectivity index (χ2n) is 8.69. The van der Waals surface area contributed by atoms with Crippen LogP contribution in [0.25, 0.3) is 10.9 Å². The number of aromatic nitrogens is 1. The van der Waals surface area contributed by atoms with Crippen LogP contribution < -0.4 is 21.7 Å². The summed E-state index contributed by atoms with van der Waals surface area (Å²) >= 11 is 0. The lowest BCUT2D eigenvalue weighted by atomic mass is 10.0. The largest absolute Gasteiger partial charge is 0.370 e. The highest BCUT2D eigenvalue weighted by molar-refractivity contribution is 5.95. The van der Waals surface area contributed by atoms with E-state index in [9.17, 15) is 24.0 Å². The molecule has 0 unspecified atom stereocenters. The molecule has 5 amide bonds. The number of hydrogen-bond donors (Lipinski definition) is 5. The van der Waals surface area contributed by atoms with Crippen LogP contribution in [0, 0.1) is 0 Å². The molecule has 0 aliphatic carbocycles. The second kappa shape index (κ2) is 11.5. The molecule has 1 aromatic heterocycles. The van der Waals surface area contributed by atoms with Crippen LogP contribution in [0.4, 0.5) is 0 Å². The van der Waals surface area contributed by atoms with E-state index in [4.69, 9.17) is 5.73 Å². The van der Waals surface area contributed by atoms with Crippen molar-refractivity contribution in [2.24, 2.45) is 5.73 Å². The molecule has 1 fully saturated rings. The summed E-state index contributed by atoms with van der Waals surface area (Å²) in [5.41, 5.74) is 7.01. The molecule has 11 nitrogen and oxygen atoms in total. The number of nitrogens with zero attached hydrogens (tertiary/aromatic N) is 1. The smallest absolute Gasteiger partial charge is 0.245 e. The molecular weight excluding hydrogens is 452 g/mol. The van der Waals surface area contributed by atoms with Gasteiger partial charge in [-0.05, 0) is 30.9 Å². The monoisotopic (exact) mass is 484 g/mol. The van der Waals surface area contributed by atoms with Crippen molar-refractivity contribution in [1.29, 1.82) is 0 Å². The number of nitrogens with one attached hydrogen (secondary N) is 4. The van der Waals surface area contributed by atoms with Crippen molar-refractivity contribution in [3.63, 3.8) is 0 Å². The molecule has 188 valence electrons. The minimum atomic E-state index is -1.07. The molecule has 0 radical (unpaired) electrons. The number of amides is 5. The number of carbonyl (C=O) groups is 5. The number of para-hydroxylation sites is 1. The summed E-state index contributed by atoms with van der Waals surface area (Å²) in [6.45, 7) is 1.67. The Morgan fingerprint density at radius 1 is 1.14 bits per heavy atom. The van der Waals surface area contributed by atoms with Gasteiger partial charge in [-0.25, -0.2) is 0 Å². The van der Waals surface area contributed by atoms with E-state index in [-0.39, 0.29) is 25.2 Å². The molecule has 0 spiro atoms. The number of likely N-dealkylation sites (tertiary alicyclic amines) is 1. The predicted molar refractivity (Wildman–Crippen MR) is 129 cm³/mol. The van der Waals surface area contributed by atoms with Crippen LogP contribution in [-0.2, 0) is 30.4 Å². The molecule has 2 heterocycles. The van der Waals surface area contributed by atoms with Crippen LogP contribution in [0.1, 0.15) is 38.2 Å².